The van der Waals surface area contributed by atoms with Gasteiger partial charge >= 0.3 is 0 Å². The molecule has 0 unspecified atom stereocenters. The number of aliphatic imine (C=N–C) groups is 1. The number of nitrogens with one attached hydrogen (secondary N) is 1. The molecule has 0 saturated carbocycles. The van der Waals surface area contributed by atoms with Crippen molar-refractivity contribution < 1.29 is 0 Å². The Balaban J connectivity index is 0.00000441. The van der Waals surface area contributed by atoms with E-state index in [1.54, 1.807) is 0 Å². The molecule has 0 radical (unpaired) electrons. The molecule has 0 aromatic carbocycles. The number of pyridine rings is 1. The van der Waals surface area contributed by atoms with E-state index in [0.29, 0.717) is 5.96 Å². The van der Waals surface area contributed by atoms with Gasteiger partial charge in [-0.3, -0.25) is 9.98 Å². The average molecular weight is 418 g/mol. The van der Waals surface area contributed by atoms with Crippen LogP contribution < -0.4 is 11.1 Å². The average Bonchev–Trinajstić information content (AvgIpc) is 2.48. The first-order valence-corrected chi connectivity index (χ1v) is 8.17. The van der Waals surface area contributed by atoms with Gasteiger partial charge in [0.05, 0.1) is 0 Å². The third-order valence-electron chi connectivity index (χ3n) is 3.49. The second-order valence-electron chi connectivity index (χ2n) is 5.52. The Morgan fingerprint density at radius 1 is 1.18 bits per heavy atom. The van der Waals surface area contributed by atoms with Crippen molar-refractivity contribution in [1.82, 2.24) is 10.3 Å². The molecule has 0 atom stereocenters. The molecule has 1 rings (SSSR count). The number of hydrogen-bond donors (Lipinski definition) is 2. The van der Waals surface area contributed by atoms with Gasteiger partial charge in [0, 0.05) is 25.0 Å². The fourth-order valence-corrected chi connectivity index (χ4v) is 2.13. The van der Waals surface area contributed by atoms with E-state index in [1.807, 2.05) is 19.2 Å². The van der Waals surface area contributed by atoms with E-state index >= 15 is 0 Å². The molecule has 22 heavy (non-hydrogen) atoms. The van der Waals surface area contributed by atoms with Crippen LogP contribution in [0.25, 0.3) is 0 Å². The SMILES string of the molecule is CCCCCCCCN=C(N)NCCc1ccc(C)nc1.I. The van der Waals surface area contributed by atoms with Gasteiger partial charge in [0.25, 0.3) is 0 Å². The number of guanidine groups is 1. The minimum absolute atomic E-state index is 0. The Hall–Kier alpha value is -0.850. The van der Waals surface area contributed by atoms with E-state index in [-0.39, 0.29) is 24.0 Å². The molecule has 3 N–H and O–H groups in total. The molecule has 1 aromatic rings. The topological polar surface area (TPSA) is 63.3 Å². The predicted molar refractivity (Wildman–Crippen MR) is 106 cm³/mol. The van der Waals surface area contributed by atoms with Gasteiger partial charge in [-0.2, -0.15) is 0 Å². The fourth-order valence-electron chi connectivity index (χ4n) is 2.13. The van der Waals surface area contributed by atoms with Crippen molar-refractivity contribution in [3.8, 4) is 0 Å². The van der Waals surface area contributed by atoms with E-state index < -0.39 is 0 Å². The lowest BCUT2D eigenvalue weighted by atomic mass is 10.1. The Bertz CT molecular complexity index is 404. The molecule has 5 heteroatoms. The second-order valence-corrected chi connectivity index (χ2v) is 5.52. The largest absolute Gasteiger partial charge is 0.370 e. The number of hydrogen-bond acceptors (Lipinski definition) is 2. The highest BCUT2D eigenvalue weighted by Gasteiger charge is 1.95. The number of rotatable bonds is 10. The van der Waals surface area contributed by atoms with E-state index in [0.717, 1.165) is 31.6 Å². The van der Waals surface area contributed by atoms with Crippen LogP contribution in [0, 0.1) is 6.92 Å². The highest BCUT2D eigenvalue weighted by atomic mass is 127. The summed E-state index contributed by atoms with van der Waals surface area (Å²) in [5, 5.41) is 3.16. The number of nitrogens with zero attached hydrogens (tertiary/aromatic N) is 2. The van der Waals surface area contributed by atoms with Gasteiger partial charge in [0.2, 0.25) is 0 Å². The van der Waals surface area contributed by atoms with Crippen molar-refractivity contribution in [2.75, 3.05) is 13.1 Å². The molecule has 0 saturated heterocycles. The maximum atomic E-state index is 5.85. The molecule has 126 valence electrons. The molecule has 1 aromatic heterocycles. The van der Waals surface area contributed by atoms with Gasteiger partial charge in [-0.15, -0.1) is 24.0 Å². The maximum Gasteiger partial charge on any atom is 0.188 e. The number of halogens is 1. The van der Waals surface area contributed by atoms with Crippen molar-refractivity contribution in [1.29, 1.82) is 0 Å². The summed E-state index contributed by atoms with van der Waals surface area (Å²) >= 11 is 0. The lowest BCUT2D eigenvalue weighted by Crippen LogP contribution is -2.33. The quantitative estimate of drug-likeness (QED) is 0.263. The van der Waals surface area contributed by atoms with Gasteiger partial charge in [-0.25, -0.2) is 0 Å². The number of aryl methyl sites for hydroxylation is 1. The van der Waals surface area contributed by atoms with Gasteiger partial charge in [-0.05, 0) is 31.4 Å². The molecular weight excluding hydrogens is 387 g/mol. The summed E-state index contributed by atoms with van der Waals surface area (Å²) in [6, 6.07) is 4.14. The molecule has 0 aliphatic carbocycles. The van der Waals surface area contributed by atoms with Crippen LogP contribution in [0.4, 0.5) is 0 Å². The summed E-state index contributed by atoms with van der Waals surface area (Å²) in [4.78, 5) is 8.63. The molecule has 0 bridgehead atoms. The Morgan fingerprint density at radius 2 is 1.91 bits per heavy atom. The first-order chi connectivity index (χ1) is 10.2. The van der Waals surface area contributed by atoms with Crippen molar-refractivity contribution in [2.24, 2.45) is 10.7 Å². The molecule has 4 nitrogen and oxygen atoms in total. The highest BCUT2D eigenvalue weighted by Crippen LogP contribution is 2.04. The van der Waals surface area contributed by atoms with Crippen molar-refractivity contribution in [3.63, 3.8) is 0 Å². The highest BCUT2D eigenvalue weighted by molar-refractivity contribution is 14.0. The second kappa shape index (κ2) is 13.8. The summed E-state index contributed by atoms with van der Waals surface area (Å²) in [5.41, 5.74) is 8.11. The zero-order chi connectivity index (χ0) is 15.3. The van der Waals surface area contributed by atoms with Crippen LogP contribution >= 0.6 is 24.0 Å². The normalized spacial score (nSPS) is 11.1. The summed E-state index contributed by atoms with van der Waals surface area (Å²) in [7, 11) is 0. The van der Waals surface area contributed by atoms with Gasteiger partial charge in [0.15, 0.2) is 5.96 Å². The number of aromatic nitrogens is 1. The lowest BCUT2D eigenvalue weighted by Gasteiger charge is -2.06. The molecule has 0 fully saturated rings. The Labute approximate surface area is 152 Å². The monoisotopic (exact) mass is 418 g/mol. The minimum Gasteiger partial charge on any atom is -0.370 e. The van der Waals surface area contributed by atoms with E-state index in [9.17, 15) is 0 Å². The zero-order valence-electron chi connectivity index (χ0n) is 14.0. The lowest BCUT2D eigenvalue weighted by molar-refractivity contribution is 0.611. The van der Waals surface area contributed by atoms with Crippen LogP contribution in [-0.2, 0) is 6.42 Å². The van der Waals surface area contributed by atoms with Crippen LogP contribution in [0.15, 0.2) is 23.3 Å². The van der Waals surface area contributed by atoms with Crippen molar-refractivity contribution in [2.45, 2.75) is 58.8 Å². The van der Waals surface area contributed by atoms with Crippen LogP contribution in [0.5, 0.6) is 0 Å². The molecule has 1 heterocycles. The molecule has 0 aliphatic heterocycles. The van der Waals surface area contributed by atoms with Crippen LogP contribution in [-0.4, -0.2) is 24.0 Å². The van der Waals surface area contributed by atoms with Gasteiger partial charge in [-0.1, -0.05) is 45.1 Å². The van der Waals surface area contributed by atoms with Gasteiger partial charge < -0.3 is 11.1 Å². The number of nitrogens with two attached hydrogens (primary N) is 1. The minimum atomic E-state index is 0. The summed E-state index contributed by atoms with van der Waals surface area (Å²) in [6.45, 7) is 5.87. The van der Waals surface area contributed by atoms with Crippen LogP contribution in [0.1, 0.15) is 56.7 Å². The van der Waals surface area contributed by atoms with Crippen LogP contribution in [0.3, 0.4) is 0 Å². The summed E-state index contributed by atoms with van der Waals surface area (Å²) in [6.07, 6.45) is 10.5. The van der Waals surface area contributed by atoms with E-state index in [4.69, 9.17) is 5.73 Å². The zero-order valence-corrected chi connectivity index (χ0v) is 16.3. The third kappa shape index (κ3) is 10.8. The fraction of sp³-hybridized carbons (Fsp3) is 0.647. The van der Waals surface area contributed by atoms with Crippen molar-refractivity contribution >= 4 is 29.9 Å². The van der Waals surface area contributed by atoms with E-state index in [2.05, 4.69) is 28.3 Å². The molecule has 0 amide bonds. The summed E-state index contributed by atoms with van der Waals surface area (Å²) in [5.74, 6) is 0.559. The van der Waals surface area contributed by atoms with E-state index in [1.165, 1.54) is 37.7 Å². The smallest absolute Gasteiger partial charge is 0.188 e. The summed E-state index contributed by atoms with van der Waals surface area (Å²) < 4.78 is 0. The molecule has 0 spiro atoms. The standard InChI is InChI=1S/C17H30N4.HI/c1-3-4-5-6-7-8-12-19-17(18)20-13-11-16-10-9-15(2)21-14-16;/h9-10,14H,3-8,11-13H2,1-2H3,(H3,18,19,20);1H. The Morgan fingerprint density at radius 3 is 2.59 bits per heavy atom. The first kappa shape index (κ1) is 21.1. The first-order valence-electron chi connectivity index (χ1n) is 8.17. The molecule has 0 aliphatic rings. The van der Waals surface area contributed by atoms with Crippen LogP contribution in [0.2, 0.25) is 0 Å². The molecular formula is C17H31IN4. The van der Waals surface area contributed by atoms with Gasteiger partial charge in [0.1, 0.15) is 0 Å². The Kier molecular flexibility index (Phi) is 13.3. The predicted octanol–water partition coefficient (Wildman–Crippen LogP) is 3.82. The van der Waals surface area contributed by atoms with Crippen molar-refractivity contribution in [3.05, 3.63) is 29.6 Å². The number of unbranched alkanes of at least 4 members (excludes halogenated alkanes) is 5. The maximum absolute atomic E-state index is 5.85. The third-order valence-corrected chi connectivity index (χ3v) is 3.49.